The van der Waals surface area contributed by atoms with E-state index in [4.69, 9.17) is 28.3 Å². The Morgan fingerprint density at radius 2 is 1.92 bits per heavy atom. The van der Waals surface area contributed by atoms with Gasteiger partial charge in [0, 0.05) is 16.5 Å². The van der Waals surface area contributed by atoms with Gasteiger partial charge in [-0.2, -0.15) is 0 Å². The minimum Gasteiger partial charge on any atom is -0.481 e. The molecule has 0 heterocycles. The molecule has 0 aliphatic heterocycles. The van der Waals surface area contributed by atoms with Crippen molar-refractivity contribution in [1.29, 1.82) is 0 Å². The van der Waals surface area contributed by atoms with Crippen LogP contribution in [-0.2, 0) is 16.0 Å². The number of aryl methyl sites for hydroxylation is 1. The van der Waals surface area contributed by atoms with Crippen LogP contribution in [-0.4, -0.2) is 27.6 Å². The fourth-order valence-corrected chi connectivity index (χ4v) is 4.07. The van der Waals surface area contributed by atoms with Gasteiger partial charge in [0.05, 0.1) is 6.42 Å². The van der Waals surface area contributed by atoms with E-state index in [1.54, 1.807) is 6.07 Å². The number of hydrogen-bond acceptors (Lipinski definition) is 3. The van der Waals surface area contributed by atoms with Crippen molar-refractivity contribution < 1.29 is 19.8 Å². The highest BCUT2D eigenvalue weighted by molar-refractivity contribution is 6.35. The molecule has 138 valence electrons. The first-order valence-corrected chi connectivity index (χ1v) is 9.47. The van der Waals surface area contributed by atoms with E-state index in [0.717, 1.165) is 44.1 Å². The number of aliphatic hydroxyl groups is 1. The van der Waals surface area contributed by atoms with Crippen LogP contribution in [0.1, 0.15) is 56.9 Å². The summed E-state index contributed by atoms with van der Waals surface area (Å²) in [4.78, 5) is 22.6. The fourth-order valence-electron chi connectivity index (χ4n) is 3.57. The topological polar surface area (TPSA) is 74.6 Å². The van der Waals surface area contributed by atoms with Gasteiger partial charge in [0.25, 0.3) is 0 Å². The first-order valence-electron chi connectivity index (χ1n) is 8.71. The molecule has 6 heteroatoms. The van der Waals surface area contributed by atoms with Gasteiger partial charge in [-0.1, -0.05) is 48.5 Å². The molecular weight excluding hydrogens is 363 g/mol. The Balaban J connectivity index is 1.63. The number of carbonyl (C=O) groups is 2. The molecule has 1 saturated carbocycles. The molecule has 1 fully saturated rings. The number of carbonyl (C=O) groups excluding carboxylic acids is 1. The van der Waals surface area contributed by atoms with E-state index in [-0.39, 0.29) is 18.1 Å². The third kappa shape index (κ3) is 5.98. The molecule has 0 radical (unpaired) electrons. The van der Waals surface area contributed by atoms with Gasteiger partial charge in [0.2, 0.25) is 0 Å². The summed E-state index contributed by atoms with van der Waals surface area (Å²) < 4.78 is 0. The largest absolute Gasteiger partial charge is 0.481 e. The van der Waals surface area contributed by atoms with Crippen LogP contribution >= 0.6 is 23.2 Å². The number of halogens is 2. The predicted octanol–water partition coefficient (Wildman–Crippen LogP) is 4.67. The Hall–Kier alpha value is -1.10. The normalized spacial score (nSPS) is 23.2. The van der Waals surface area contributed by atoms with Crippen LogP contribution in [0.4, 0.5) is 0 Å². The monoisotopic (exact) mass is 386 g/mol. The lowest BCUT2D eigenvalue weighted by molar-refractivity contribution is -0.148. The maximum Gasteiger partial charge on any atom is 0.306 e. The van der Waals surface area contributed by atoms with E-state index in [1.165, 1.54) is 0 Å². The molecule has 1 aromatic rings. The highest BCUT2D eigenvalue weighted by Gasteiger charge is 2.46. The molecule has 2 rings (SSSR count). The average Bonchev–Trinajstić information content (AvgIpc) is 2.78. The van der Waals surface area contributed by atoms with Crippen molar-refractivity contribution in [3.05, 3.63) is 33.8 Å². The van der Waals surface area contributed by atoms with E-state index in [0.29, 0.717) is 16.5 Å². The maximum atomic E-state index is 11.9. The molecule has 2 N–H and O–H groups in total. The number of carboxylic acids is 1. The second-order valence-electron chi connectivity index (χ2n) is 6.99. The highest BCUT2D eigenvalue weighted by atomic mass is 35.5. The number of ketones is 1. The molecule has 4 nitrogen and oxygen atoms in total. The molecule has 0 saturated heterocycles. The molecular formula is C19H24Cl2O4. The standard InChI is InChI=1S/C19H24Cl2O4/c20-15-8-7-14(16(21)10-15)6-4-2-1-3-5-13-9-17(22)19(25,11-13)12-18(23)24/h7-8,10,13,25H,1-6,9,11-12H2,(H,23,24). The minimum atomic E-state index is -1.65. The number of hydrogen-bond donors (Lipinski definition) is 2. The third-order valence-corrected chi connectivity index (χ3v) is 5.47. The number of carboxylic acid groups (broad SMARTS) is 1. The number of aliphatic carboxylic acids is 1. The SMILES string of the molecule is O=C(O)CC1(O)CC(CCCCCCc2ccc(Cl)cc2Cl)CC1=O. The van der Waals surface area contributed by atoms with Gasteiger partial charge >= 0.3 is 5.97 Å². The van der Waals surface area contributed by atoms with Crippen molar-refractivity contribution in [3.63, 3.8) is 0 Å². The molecule has 2 atom stereocenters. The van der Waals surface area contributed by atoms with Crippen LogP contribution in [0.25, 0.3) is 0 Å². The molecule has 2 unspecified atom stereocenters. The summed E-state index contributed by atoms with van der Waals surface area (Å²) in [6.07, 6.45) is 5.99. The van der Waals surface area contributed by atoms with Gasteiger partial charge in [-0.3, -0.25) is 9.59 Å². The molecule has 0 bridgehead atoms. The highest BCUT2D eigenvalue weighted by Crippen LogP contribution is 2.37. The average molecular weight is 387 g/mol. The van der Waals surface area contributed by atoms with Gasteiger partial charge in [-0.05, 0) is 49.3 Å². The summed E-state index contributed by atoms with van der Waals surface area (Å²) in [5, 5.41) is 20.3. The van der Waals surface area contributed by atoms with Gasteiger partial charge in [0.15, 0.2) is 5.78 Å². The van der Waals surface area contributed by atoms with E-state index >= 15 is 0 Å². The van der Waals surface area contributed by atoms with Crippen molar-refractivity contribution in [2.45, 2.75) is 63.4 Å². The van der Waals surface area contributed by atoms with Gasteiger partial charge < -0.3 is 10.2 Å². The van der Waals surface area contributed by atoms with Crippen molar-refractivity contribution in [1.82, 2.24) is 0 Å². The van der Waals surface area contributed by atoms with Gasteiger partial charge in [0.1, 0.15) is 5.60 Å². The quantitative estimate of drug-likeness (QED) is 0.604. The molecule has 1 aliphatic carbocycles. The molecule has 0 spiro atoms. The number of rotatable bonds is 9. The van der Waals surface area contributed by atoms with Crippen molar-refractivity contribution in [2.24, 2.45) is 5.92 Å². The van der Waals surface area contributed by atoms with Crippen LogP contribution in [0.15, 0.2) is 18.2 Å². The minimum absolute atomic E-state index is 0.0996. The number of Topliss-reactive ketones (excluding diaryl/α,β-unsaturated/α-hetero) is 1. The predicted molar refractivity (Wildman–Crippen MR) is 98.2 cm³/mol. The molecule has 1 aliphatic rings. The van der Waals surface area contributed by atoms with E-state index in [2.05, 4.69) is 0 Å². The van der Waals surface area contributed by atoms with Crippen molar-refractivity contribution in [2.75, 3.05) is 0 Å². The third-order valence-electron chi connectivity index (χ3n) is 4.89. The Morgan fingerprint density at radius 1 is 1.20 bits per heavy atom. The molecule has 0 amide bonds. The van der Waals surface area contributed by atoms with E-state index < -0.39 is 18.0 Å². The summed E-state index contributed by atoms with van der Waals surface area (Å²) in [6.45, 7) is 0. The summed E-state index contributed by atoms with van der Waals surface area (Å²) in [7, 11) is 0. The summed E-state index contributed by atoms with van der Waals surface area (Å²) in [5.41, 5.74) is -0.548. The Morgan fingerprint density at radius 3 is 2.60 bits per heavy atom. The lowest BCUT2D eigenvalue weighted by Gasteiger charge is -2.18. The maximum absolute atomic E-state index is 11.9. The molecule has 0 aromatic heterocycles. The number of unbranched alkanes of at least 4 members (excludes halogenated alkanes) is 3. The second kappa shape index (κ2) is 9.02. The Labute approximate surface area is 158 Å². The summed E-state index contributed by atoms with van der Waals surface area (Å²) in [6, 6.07) is 5.56. The fraction of sp³-hybridized carbons (Fsp3) is 0.579. The van der Waals surface area contributed by atoms with Crippen molar-refractivity contribution in [3.8, 4) is 0 Å². The molecule has 1 aromatic carbocycles. The summed E-state index contributed by atoms with van der Waals surface area (Å²) in [5.74, 6) is -1.35. The zero-order chi connectivity index (χ0) is 18.4. The Bertz CT molecular complexity index is 632. The van der Waals surface area contributed by atoms with Crippen LogP contribution in [0.5, 0.6) is 0 Å². The van der Waals surface area contributed by atoms with Gasteiger partial charge in [-0.25, -0.2) is 0 Å². The number of benzene rings is 1. The second-order valence-corrected chi connectivity index (χ2v) is 7.83. The van der Waals surface area contributed by atoms with E-state index in [1.807, 2.05) is 12.1 Å². The van der Waals surface area contributed by atoms with Crippen LogP contribution < -0.4 is 0 Å². The lowest BCUT2D eigenvalue weighted by Crippen LogP contribution is -2.36. The van der Waals surface area contributed by atoms with Crippen LogP contribution in [0, 0.1) is 5.92 Å². The molecule has 25 heavy (non-hydrogen) atoms. The first-order chi connectivity index (χ1) is 11.8. The Kier molecular flexibility index (Phi) is 7.29. The summed E-state index contributed by atoms with van der Waals surface area (Å²) >= 11 is 12.0. The van der Waals surface area contributed by atoms with Crippen molar-refractivity contribution >= 4 is 35.0 Å². The lowest BCUT2D eigenvalue weighted by atomic mass is 9.93. The zero-order valence-electron chi connectivity index (χ0n) is 14.1. The smallest absolute Gasteiger partial charge is 0.306 e. The van der Waals surface area contributed by atoms with E-state index in [9.17, 15) is 14.7 Å². The van der Waals surface area contributed by atoms with Gasteiger partial charge in [-0.15, -0.1) is 0 Å². The van der Waals surface area contributed by atoms with Crippen LogP contribution in [0.2, 0.25) is 10.0 Å². The zero-order valence-corrected chi connectivity index (χ0v) is 15.7. The first kappa shape index (κ1) is 20.2. The van der Waals surface area contributed by atoms with Crippen LogP contribution in [0.3, 0.4) is 0 Å².